The van der Waals surface area contributed by atoms with Crippen molar-refractivity contribution in [3.05, 3.63) is 23.8 Å². The molecule has 0 radical (unpaired) electrons. The van der Waals surface area contributed by atoms with Crippen LogP contribution in [0, 0.1) is 0 Å². The lowest BCUT2D eigenvalue weighted by Crippen LogP contribution is -2.45. The van der Waals surface area contributed by atoms with Crippen LogP contribution < -0.4 is 15.0 Å². The zero-order chi connectivity index (χ0) is 17.3. The number of nitrogens with zero attached hydrogens (tertiary/aromatic N) is 2. The highest BCUT2D eigenvalue weighted by molar-refractivity contribution is 6.08. The maximum Gasteiger partial charge on any atom is 0.317 e. The summed E-state index contributed by atoms with van der Waals surface area (Å²) in [7, 11) is 4.98. The van der Waals surface area contributed by atoms with Crippen molar-refractivity contribution in [2.24, 2.45) is 0 Å². The number of likely N-dealkylation sites (N-methyl/N-ethyl adjacent to an activating group) is 1. The minimum absolute atomic E-state index is 0.0398. The van der Waals surface area contributed by atoms with Gasteiger partial charge in [-0.15, -0.1) is 0 Å². The molecule has 2 aliphatic rings. The fourth-order valence-electron chi connectivity index (χ4n) is 3.61. The molecule has 1 atom stereocenters. The topological polar surface area (TPSA) is 71.1 Å². The van der Waals surface area contributed by atoms with Gasteiger partial charge in [0, 0.05) is 39.5 Å². The van der Waals surface area contributed by atoms with Gasteiger partial charge in [0.2, 0.25) is 5.91 Å². The standard InChI is InChI=1S/C17H23N3O4/c1-19-14-5-4-12(24-3)10-13(14)17(15(19)21)6-8-20(11-17)16(22)18-7-9-23-2/h4-5,10H,6-9,11H2,1-3H3,(H,18,22)/t17-/m1/s1. The third kappa shape index (κ3) is 2.49. The Morgan fingerprint density at radius 2 is 2.17 bits per heavy atom. The molecular weight excluding hydrogens is 310 g/mol. The molecule has 24 heavy (non-hydrogen) atoms. The average Bonchev–Trinajstić information content (AvgIpc) is 3.13. The second kappa shape index (κ2) is 6.32. The number of benzene rings is 1. The third-order valence-electron chi connectivity index (χ3n) is 4.93. The first-order chi connectivity index (χ1) is 11.5. The van der Waals surface area contributed by atoms with Gasteiger partial charge < -0.3 is 24.6 Å². The summed E-state index contributed by atoms with van der Waals surface area (Å²) in [6.45, 7) is 1.85. The van der Waals surface area contributed by atoms with E-state index in [4.69, 9.17) is 9.47 Å². The van der Waals surface area contributed by atoms with Crippen LogP contribution in [0.25, 0.3) is 0 Å². The maximum absolute atomic E-state index is 12.9. The number of rotatable bonds is 4. The highest BCUT2D eigenvalue weighted by Gasteiger charge is 2.54. The molecule has 1 N–H and O–H groups in total. The van der Waals surface area contributed by atoms with Gasteiger partial charge in [-0.25, -0.2) is 4.79 Å². The van der Waals surface area contributed by atoms with E-state index in [-0.39, 0.29) is 11.9 Å². The zero-order valence-corrected chi connectivity index (χ0v) is 14.3. The molecule has 1 spiro atoms. The predicted octanol–water partition coefficient (Wildman–Crippen LogP) is 0.971. The molecule has 0 aromatic heterocycles. The van der Waals surface area contributed by atoms with E-state index in [1.165, 1.54) is 0 Å². The number of fused-ring (bicyclic) bond motifs is 2. The van der Waals surface area contributed by atoms with Crippen molar-refractivity contribution in [1.29, 1.82) is 0 Å². The first-order valence-corrected chi connectivity index (χ1v) is 8.02. The maximum atomic E-state index is 12.9. The van der Waals surface area contributed by atoms with Crippen molar-refractivity contribution in [1.82, 2.24) is 10.2 Å². The van der Waals surface area contributed by atoms with Crippen molar-refractivity contribution in [3.8, 4) is 5.75 Å². The normalized spacial score (nSPS) is 22.2. The van der Waals surface area contributed by atoms with Crippen LogP contribution in [0.5, 0.6) is 5.75 Å². The van der Waals surface area contributed by atoms with Crippen LogP contribution in [0.1, 0.15) is 12.0 Å². The number of hydrogen-bond donors (Lipinski definition) is 1. The molecule has 1 saturated heterocycles. The minimum Gasteiger partial charge on any atom is -0.497 e. The number of amides is 3. The van der Waals surface area contributed by atoms with Gasteiger partial charge in [0.15, 0.2) is 0 Å². The van der Waals surface area contributed by atoms with Gasteiger partial charge >= 0.3 is 6.03 Å². The molecule has 2 aliphatic heterocycles. The van der Waals surface area contributed by atoms with Crippen LogP contribution >= 0.6 is 0 Å². The Bertz CT molecular complexity index is 663. The Labute approximate surface area is 141 Å². The average molecular weight is 333 g/mol. The Morgan fingerprint density at radius 1 is 1.38 bits per heavy atom. The molecule has 1 fully saturated rings. The molecule has 0 unspecified atom stereocenters. The Hall–Kier alpha value is -2.28. The summed E-state index contributed by atoms with van der Waals surface area (Å²) in [5.74, 6) is 0.761. The van der Waals surface area contributed by atoms with E-state index in [9.17, 15) is 9.59 Å². The largest absolute Gasteiger partial charge is 0.497 e. The second-order valence-corrected chi connectivity index (χ2v) is 6.23. The smallest absolute Gasteiger partial charge is 0.317 e. The van der Waals surface area contributed by atoms with Gasteiger partial charge in [-0.2, -0.15) is 0 Å². The fraction of sp³-hybridized carbons (Fsp3) is 0.529. The number of carbonyl (C=O) groups is 2. The molecular formula is C17H23N3O4. The molecule has 0 saturated carbocycles. The lowest BCUT2D eigenvalue weighted by Gasteiger charge is -2.23. The molecule has 3 amide bonds. The Balaban J connectivity index is 1.84. The van der Waals surface area contributed by atoms with E-state index in [1.54, 1.807) is 31.1 Å². The fourth-order valence-corrected chi connectivity index (χ4v) is 3.61. The summed E-state index contributed by atoms with van der Waals surface area (Å²) in [5.41, 5.74) is 1.17. The number of anilines is 1. The van der Waals surface area contributed by atoms with Gasteiger partial charge in [0.1, 0.15) is 5.75 Å². The molecule has 1 aromatic rings. The van der Waals surface area contributed by atoms with Gasteiger partial charge in [-0.3, -0.25) is 4.79 Å². The Kier molecular flexibility index (Phi) is 4.36. The number of likely N-dealkylation sites (tertiary alicyclic amines) is 1. The third-order valence-corrected chi connectivity index (χ3v) is 4.93. The molecule has 1 aromatic carbocycles. The lowest BCUT2D eigenvalue weighted by atomic mass is 9.81. The monoisotopic (exact) mass is 333 g/mol. The van der Waals surface area contributed by atoms with Gasteiger partial charge in [0.25, 0.3) is 0 Å². The molecule has 7 heteroatoms. The molecule has 130 valence electrons. The number of urea groups is 1. The molecule has 3 rings (SSSR count). The van der Waals surface area contributed by atoms with Gasteiger partial charge in [-0.1, -0.05) is 0 Å². The van der Waals surface area contributed by atoms with Crippen LogP contribution in [0.15, 0.2) is 18.2 Å². The predicted molar refractivity (Wildman–Crippen MR) is 89.5 cm³/mol. The lowest BCUT2D eigenvalue weighted by molar-refractivity contribution is -0.122. The van der Waals surface area contributed by atoms with Crippen LogP contribution in [-0.2, 0) is 14.9 Å². The van der Waals surface area contributed by atoms with Gasteiger partial charge in [0.05, 0.1) is 19.1 Å². The van der Waals surface area contributed by atoms with E-state index in [2.05, 4.69) is 5.32 Å². The van der Waals surface area contributed by atoms with Crippen LogP contribution in [-0.4, -0.2) is 64.3 Å². The number of nitrogens with one attached hydrogen (secondary N) is 1. The summed E-state index contributed by atoms with van der Waals surface area (Å²) in [5, 5.41) is 2.82. The van der Waals surface area contributed by atoms with Crippen LogP contribution in [0.2, 0.25) is 0 Å². The van der Waals surface area contributed by atoms with E-state index >= 15 is 0 Å². The highest BCUT2D eigenvalue weighted by Crippen LogP contribution is 2.47. The van der Waals surface area contributed by atoms with Crippen molar-refractivity contribution in [3.63, 3.8) is 0 Å². The summed E-state index contributed by atoms with van der Waals surface area (Å²) in [6.07, 6.45) is 0.619. The zero-order valence-electron chi connectivity index (χ0n) is 14.3. The number of ether oxygens (including phenoxy) is 2. The van der Waals surface area contributed by atoms with Crippen molar-refractivity contribution in [2.45, 2.75) is 11.8 Å². The first-order valence-electron chi connectivity index (χ1n) is 8.02. The van der Waals surface area contributed by atoms with Gasteiger partial charge in [-0.05, 0) is 30.2 Å². The number of methoxy groups -OCH3 is 2. The van der Waals surface area contributed by atoms with E-state index in [0.717, 1.165) is 17.0 Å². The molecule has 0 bridgehead atoms. The SMILES string of the molecule is COCCNC(=O)N1CC[C@]2(C1)C(=O)N(C)c1ccc(OC)cc12. The molecule has 7 nitrogen and oxygen atoms in total. The van der Waals surface area contributed by atoms with E-state index in [1.807, 2.05) is 18.2 Å². The molecule has 0 aliphatic carbocycles. The summed E-state index contributed by atoms with van der Waals surface area (Å²) in [6, 6.07) is 5.52. The summed E-state index contributed by atoms with van der Waals surface area (Å²) < 4.78 is 10.3. The highest BCUT2D eigenvalue weighted by atomic mass is 16.5. The summed E-state index contributed by atoms with van der Waals surface area (Å²) in [4.78, 5) is 28.6. The van der Waals surface area contributed by atoms with Crippen LogP contribution in [0.3, 0.4) is 0 Å². The minimum atomic E-state index is -0.669. The number of carbonyl (C=O) groups excluding carboxylic acids is 2. The number of hydrogen-bond acceptors (Lipinski definition) is 4. The Morgan fingerprint density at radius 3 is 2.88 bits per heavy atom. The summed E-state index contributed by atoms with van der Waals surface area (Å²) >= 11 is 0. The van der Waals surface area contributed by atoms with E-state index in [0.29, 0.717) is 32.7 Å². The molecule has 2 heterocycles. The van der Waals surface area contributed by atoms with Crippen LogP contribution in [0.4, 0.5) is 10.5 Å². The first kappa shape index (κ1) is 16.6. The second-order valence-electron chi connectivity index (χ2n) is 6.23. The van der Waals surface area contributed by atoms with Crippen molar-refractivity contribution < 1.29 is 19.1 Å². The quantitative estimate of drug-likeness (QED) is 0.834. The van der Waals surface area contributed by atoms with Crippen molar-refractivity contribution >= 4 is 17.6 Å². The van der Waals surface area contributed by atoms with Crippen molar-refractivity contribution in [2.75, 3.05) is 52.4 Å². The van der Waals surface area contributed by atoms with E-state index < -0.39 is 5.41 Å².